The first-order valence-electron chi connectivity index (χ1n) is 5.81. The van der Waals surface area contributed by atoms with E-state index in [1.807, 2.05) is 18.2 Å². The topological polar surface area (TPSA) is 17.1 Å². The van der Waals surface area contributed by atoms with Crippen LogP contribution in [0.3, 0.4) is 0 Å². The molecule has 0 spiro atoms. The van der Waals surface area contributed by atoms with Crippen LogP contribution >= 0.6 is 7.80 Å². The quantitative estimate of drug-likeness (QED) is 0.694. The Morgan fingerprint density at radius 3 is 2.47 bits per heavy atom. The lowest BCUT2D eigenvalue weighted by atomic mass is 10.0. The lowest BCUT2D eigenvalue weighted by molar-refractivity contribution is 0.494. The van der Waals surface area contributed by atoms with Gasteiger partial charge in [-0.2, -0.15) is 0 Å². The zero-order valence-electron chi connectivity index (χ0n) is 9.28. The van der Waals surface area contributed by atoms with E-state index in [0.29, 0.717) is 5.66 Å². The second-order valence-electron chi connectivity index (χ2n) is 4.40. The van der Waals surface area contributed by atoms with Gasteiger partial charge in [0, 0.05) is 5.56 Å². The van der Waals surface area contributed by atoms with Crippen molar-refractivity contribution in [1.82, 2.24) is 0 Å². The smallest absolute Gasteiger partial charge is 0.0677 e. The molecule has 2 rings (SSSR count). The van der Waals surface area contributed by atoms with Crippen molar-refractivity contribution in [3.05, 3.63) is 29.8 Å². The lowest BCUT2D eigenvalue weighted by Gasteiger charge is -2.13. The maximum atomic E-state index is 12.4. The maximum absolute atomic E-state index is 12.4. The van der Waals surface area contributed by atoms with E-state index in [9.17, 15) is 4.57 Å². The van der Waals surface area contributed by atoms with Gasteiger partial charge in [0.05, 0.1) is 0 Å². The summed E-state index contributed by atoms with van der Waals surface area (Å²) >= 11 is 0. The van der Waals surface area contributed by atoms with Crippen molar-refractivity contribution in [3.63, 3.8) is 0 Å². The van der Waals surface area contributed by atoms with Gasteiger partial charge in [-0.25, -0.2) is 0 Å². The first-order chi connectivity index (χ1) is 7.29. The summed E-state index contributed by atoms with van der Waals surface area (Å²) in [6, 6.07) is 8.11. The van der Waals surface area contributed by atoms with Gasteiger partial charge in [-0.05, 0) is 38.7 Å². The second kappa shape index (κ2) is 4.90. The predicted molar refractivity (Wildman–Crippen MR) is 65.3 cm³/mol. The summed E-state index contributed by atoms with van der Waals surface area (Å²) in [7, 11) is -1.16. The highest BCUT2D eigenvalue weighted by molar-refractivity contribution is 7.54. The zero-order chi connectivity index (χ0) is 10.7. The van der Waals surface area contributed by atoms with E-state index in [2.05, 4.69) is 13.0 Å². The van der Waals surface area contributed by atoms with Crippen LogP contribution in [0.5, 0.6) is 0 Å². The molecule has 1 atom stereocenters. The van der Waals surface area contributed by atoms with Gasteiger partial charge < -0.3 is 0 Å². The van der Waals surface area contributed by atoms with Crippen molar-refractivity contribution < 1.29 is 4.57 Å². The Hall–Kier alpha value is -0.680. The van der Waals surface area contributed by atoms with Crippen molar-refractivity contribution in [1.29, 1.82) is 0 Å². The first kappa shape index (κ1) is 10.8. The van der Waals surface area contributed by atoms with Crippen LogP contribution < -0.4 is 5.30 Å². The average molecular weight is 221 g/mol. The fraction of sp³-hybridized carbons (Fsp3) is 0.538. The van der Waals surface area contributed by atoms with Crippen LogP contribution in [0.25, 0.3) is 0 Å². The molecule has 1 unspecified atom stereocenters. The summed E-state index contributed by atoms with van der Waals surface area (Å²) in [6.45, 7) is 2.06. The Labute approximate surface area is 92.7 Å². The Balaban J connectivity index is 2.16. The number of benzene rings is 1. The molecule has 15 heavy (non-hydrogen) atoms. The Bertz CT molecular complexity index is 353. The molecule has 1 aliphatic rings. The lowest BCUT2D eigenvalue weighted by Crippen LogP contribution is -2.14. The molecule has 1 fully saturated rings. The van der Waals surface area contributed by atoms with Crippen molar-refractivity contribution >= 4 is 13.1 Å². The summed E-state index contributed by atoms with van der Waals surface area (Å²) in [5.74, 6) is 0. The highest BCUT2D eigenvalue weighted by atomic mass is 31.1. The second-order valence-corrected chi connectivity index (χ2v) is 6.27. The van der Waals surface area contributed by atoms with Crippen molar-refractivity contribution in [2.75, 3.05) is 0 Å². The molecule has 1 saturated carbocycles. The Morgan fingerprint density at radius 1 is 1.13 bits per heavy atom. The van der Waals surface area contributed by atoms with Gasteiger partial charge in [-0.3, -0.25) is 0 Å². The van der Waals surface area contributed by atoms with Crippen LogP contribution in [0, 0.1) is 6.92 Å². The molecule has 80 valence electrons. The van der Waals surface area contributed by atoms with Crippen molar-refractivity contribution in [3.8, 4) is 0 Å². The molecule has 0 N–H and O–H groups in total. The van der Waals surface area contributed by atoms with Crippen molar-refractivity contribution in [2.24, 2.45) is 0 Å². The summed E-state index contributed by atoms with van der Waals surface area (Å²) in [6.07, 6.45) is 6.16. The summed E-state index contributed by atoms with van der Waals surface area (Å²) in [5.41, 5.74) is 1.62. The maximum Gasteiger partial charge on any atom is 0.380 e. The van der Waals surface area contributed by atoms with Crippen LogP contribution in [0.2, 0.25) is 0 Å². The Kier molecular flexibility index (Phi) is 3.53. The number of aryl methyl sites for hydroxylation is 1. The molecule has 0 heterocycles. The van der Waals surface area contributed by atoms with E-state index >= 15 is 0 Å². The molecule has 0 amide bonds. The number of hydrogen-bond donors (Lipinski definition) is 0. The third-order valence-corrected chi connectivity index (χ3v) is 5.42. The average Bonchev–Trinajstić information content (AvgIpc) is 2.30. The van der Waals surface area contributed by atoms with Gasteiger partial charge in [-0.15, -0.1) is 0 Å². The SMILES string of the molecule is Cc1ccccc1[P+](=O)C1CCCCC1. The third-order valence-electron chi connectivity index (χ3n) is 3.26. The molecular formula is C13H18OP+. The highest BCUT2D eigenvalue weighted by Gasteiger charge is 2.34. The monoisotopic (exact) mass is 221 g/mol. The molecule has 0 aliphatic heterocycles. The first-order valence-corrected chi connectivity index (χ1v) is 7.14. The molecule has 1 aromatic carbocycles. The van der Waals surface area contributed by atoms with Crippen LogP contribution in [0.4, 0.5) is 0 Å². The minimum atomic E-state index is -1.16. The largest absolute Gasteiger partial charge is 0.380 e. The van der Waals surface area contributed by atoms with E-state index < -0.39 is 7.80 Å². The standard InChI is InChI=1S/C13H18OP/c1-11-7-5-6-10-13(11)15(14)12-8-3-2-4-9-12/h5-7,10,12H,2-4,8-9H2,1H3/q+1. The van der Waals surface area contributed by atoms with E-state index in [-0.39, 0.29) is 0 Å². The summed E-state index contributed by atoms with van der Waals surface area (Å²) < 4.78 is 12.4. The van der Waals surface area contributed by atoms with Crippen LogP contribution in [0.15, 0.2) is 24.3 Å². The van der Waals surface area contributed by atoms with Gasteiger partial charge in [0.15, 0.2) is 11.0 Å². The van der Waals surface area contributed by atoms with Crippen LogP contribution in [-0.4, -0.2) is 5.66 Å². The molecule has 1 aliphatic carbocycles. The number of hydrogen-bond acceptors (Lipinski definition) is 1. The predicted octanol–water partition coefficient (Wildman–Crippen LogP) is 3.78. The van der Waals surface area contributed by atoms with Gasteiger partial charge >= 0.3 is 7.80 Å². The van der Waals surface area contributed by atoms with E-state index in [4.69, 9.17) is 0 Å². The van der Waals surface area contributed by atoms with Gasteiger partial charge in [0.25, 0.3) is 0 Å². The van der Waals surface area contributed by atoms with E-state index in [1.165, 1.54) is 24.8 Å². The molecule has 0 bridgehead atoms. The zero-order valence-corrected chi connectivity index (χ0v) is 10.2. The molecular weight excluding hydrogens is 203 g/mol. The molecule has 0 radical (unpaired) electrons. The van der Waals surface area contributed by atoms with Gasteiger partial charge in [-0.1, -0.05) is 29.2 Å². The molecule has 0 aromatic heterocycles. The molecule has 0 saturated heterocycles. The van der Waals surface area contributed by atoms with E-state index in [0.717, 1.165) is 18.1 Å². The van der Waals surface area contributed by atoms with E-state index in [1.54, 1.807) is 0 Å². The molecule has 1 nitrogen and oxygen atoms in total. The fourth-order valence-electron chi connectivity index (χ4n) is 2.32. The van der Waals surface area contributed by atoms with Crippen molar-refractivity contribution in [2.45, 2.75) is 44.7 Å². The third kappa shape index (κ3) is 2.46. The molecule has 1 aromatic rings. The normalized spacial score (nSPS) is 18.9. The minimum absolute atomic E-state index is 0.440. The van der Waals surface area contributed by atoms with Crippen LogP contribution in [-0.2, 0) is 4.57 Å². The Morgan fingerprint density at radius 2 is 1.80 bits per heavy atom. The van der Waals surface area contributed by atoms with Gasteiger partial charge in [0.1, 0.15) is 0 Å². The summed E-state index contributed by atoms with van der Waals surface area (Å²) in [4.78, 5) is 0. The summed E-state index contributed by atoms with van der Waals surface area (Å²) in [5, 5.41) is 1.08. The van der Waals surface area contributed by atoms with Crippen LogP contribution in [0.1, 0.15) is 37.7 Å². The number of rotatable bonds is 2. The minimum Gasteiger partial charge on any atom is -0.0677 e. The van der Waals surface area contributed by atoms with Gasteiger partial charge in [0.2, 0.25) is 0 Å². The molecule has 2 heteroatoms. The fourth-order valence-corrected chi connectivity index (χ4v) is 4.21. The highest BCUT2D eigenvalue weighted by Crippen LogP contribution is 2.38.